The standard InChI is InChI=1S/C32H45ClN4O5/c1-19(2)16-17-22(5)37(30(40)25(18-26(34)38)35-31(41)42-32(6,7)8)28(23-14-10-9-12-20(23)3)29(39)36-27-21(4)13-11-15-24(27)33/h9-15,19,22,25,28H,16-18H2,1-8H3,(H2,34,38)(H,35,41)(H,36,39). The largest absolute Gasteiger partial charge is 0.444 e. The molecule has 2 rings (SSSR count). The first-order valence-corrected chi connectivity index (χ1v) is 14.6. The Bertz CT molecular complexity index is 1250. The summed E-state index contributed by atoms with van der Waals surface area (Å²) in [4.78, 5) is 55.0. The number of carbonyl (C=O) groups excluding carboxylic acids is 4. The van der Waals surface area contributed by atoms with Crippen molar-refractivity contribution in [2.45, 2.75) is 98.4 Å². The molecule has 0 bridgehead atoms. The quantitative estimate of drug-likeness (QED) is 0.273. The lowest BCUT2D eigenvalue weighted by atomic mass is 9.94. The first kappa shape index (κ1) is 34.6. The van der Waals surface area contributed by atoms with Gasteiger partial charge in [0.1, 0.15) is 17.7 Å². The number of primary amides is 1. The number of aryl methyl sites for hydroxylation is 2. The Balaban J connectivity index is 2.69. The molecule has 2 aromatic carbocycles. The molecule has 0 aromatic heterocycles. The predicted octanol–water partition coefficient (Wildman–Crippen LogP) is 6.06. The van der Waals surface area contributed by atoms with Gasteiger partial charge in [-0.1, -0.05) is 61.8 Å². The summed E-state index contributed by atoms with van der Waals surface area (Å²) in [6.07, 6.45) is -0.00573. The van der Waals surface area contributed by atoms with Crippen molar-refractivity contribution < 1.29 is 23.9 Å². The number of nitrogens with two attached hydrogens (primary N) is 1. The van der Waals surface area contributed by atoms with Crippen LogP contribution in [0.4, 0.5) is 10.5 Å². The van der Waals surface area contributed by atoms with Crippen LogP contribution in [-0.2, 0) is 19.1 Å². The topological polar surface area (TPSA) is 131 Å². The Morgan fingerprint density at radius 1 is 0.952 bits per heavy atom. The SMILES string of the molecule is Cc1ccccc1C(C(=O)Nc1c(C)cccc1Cl)N(C(=O)C(CC(N)=O)NC(=O)OC(C)(C)C)C(C)CCC(C)C. The van der Waals surface area contributed by atoms with Crippen molar-refractivity contribution >= 4 is 41.1 Å². The van der Waals surface area contributed by atoms with Crippen molar-refractivity contribution in [3.05, 3.63) is 64.2 Å². The molecule has 0 spiro atoms. The van der Waals surface area contributed by atoms with Gasteiger partial charge in [0, 0.05) is 6.04 Å². The highest BCUT2D eigenvalue weighted by Gasteiger charge is 2.40. The molecule has 0 aliphatic heterocycles. The van der Waals surface area contributed by atoms with Crippen LogP contribution in [0.2, 0.25) is 5.02 Å². The first-order valence-electron chi connectivity index (χ1n) is 14.2. The van der Waals surface area contributed by atoms with Crippen LogP contribution < -0.4 is 16.4 Å². The molecule has 230 valence electrons. The smallest absolute Gasteiger partial charge is 0.408 e. The molecule has 0 heterocycles. The highest BCUT2D eigenvalue weighted by Crippen LogP contribution is 2.33. The first-order chi connectivity index (χ1) is 19.5. The second-order valence-corrected chi connectivity index (χ2v) is 12.5. The number of ether oxygens (including phenoxy) is 1. The maximum Gasteiger partial charge on any atom is 0.408 e. The molecule has 0 radical (unpaired) electrons. The fourth-order valence-corrected chi connectivity index (χ4v) is 4.91. The number of halogens is 1. The van der Waals surface area contributed by atoms with E-state index in [4.69, 9.17) is 22.1 Å². The Morgan fingerprint density at radius 2 is 1.57 bits per heavy atom. The molecule has 42 heavy (non-hydrogen) atoms. The summed E-state index contributed by atoms with van der Waals surface area (Å²) in [6, 6.07) is 9.64. The minimum absolute atomic E-state index is 0.335. The Morgan fingerprint density at radius 3 is 2.12 bits per heavy atom. The van der Waals surface area contributed by atoms with E-state index < -0.39 is 54.0 Å². The molecule has 0 saturated heterocycles. The summed E-state index contributed by atoms with van der Waals surface area (Å²) in [5.74, 6) is -1.57. The molecule has 4 N–H and O–H groups in total. The van der Waals surface area contributed by atoms with Crippen LogP contribution in [0, 0.1) is 19.8 Å². The van der Waals surface area contributed by atoms with Crippen molar-refractivity contribution in [3.8, 4) is 0 Å². The molecule has 2 aromatic rings. The van der Waals surface area contributed by atoms with E-state index in [-0.39, 0.29) is 0 Å². The van der Waals surface area contributed by atoms with Crippen LogP contribution in [0.5, 0.6) is 0 Å². The van der Waals surface area contributed by atoms with Crippen LogP contribution in [0.25, 0.3) is 0 Å². The second kappa shape index (κ2) is 15.0. The minimum atomic E-state index is -1.36. The molecule has 0 saturated carbocycles. The number of hydrogen-bond donors (Lipinski definition) is 3. The van der Waals surface area contributed by atoms with Gasteiger partial charge < -0.3 is 26.0 Å². The number of benzene rings is 2. The van der Waals surface area contributed by atoms with Crippen molar-refractivity contribution in [3.63, 3.8) is 0 Å². The number of nitrogens with zero attached hydrogens (tertiary/aromatic N) is 1. The van der Waals surface area contributed by atoms with Crippen LogP contribution in [0.3, 0.4) is 0 Å². The van der Waals surface area contributed by atoms with Gasteiger partial charge in [-0.2, -0.15) is 0 Å². The lowest BCUT2D eigenvalue weighted by Gasteiger charge is -2.39. The summed E-state index contributed by atoms with van der Waals surface area (Å²) >= 11 is 6.45. The molecule has 10 heteroatoms. The predicted molar refractivity (Wildman–Crippen MR) is 166 cm³/mol. The summed E-state index contributed by atoms with van der Waals surface area (Å²) in [5.41, 5.74) is 7.25. The Labute approximate surface area is 254 Å². The van der Waals surface area contributed by atoms with Gasteiger partial charge in [0.2, 0.25) is 11.8 Å². The monoisotopic (exact) mass is 600 g/mol. The summed E-state index contributed by atoms with van der Waals surface area (Å²) < 4.78 is 5.37. The highest BCUT2D eigenvalue weighted by atomic mass is 35.5. The third-order valence-corrected chi connectivity index (χ3v) is 7.08. The maximum atomic E-state index is 14.4. The van der Waals surface area contributed by atoms with E-state index in [9.17, 15) is 19.2 Å². The zero-order chi connectivity index (χ0) is 31.8. The summed E-state index contributed by atoms with van der Waals surface area (Å²) in [5, 5.41) is 5.83. The van der Waals surface area contributed by atoms with Crippen molar-refractivity contribution in [1.29, 1.82) is 0 Å². The van der Waals surface area contributed by atoms with E-state index in [2.05, 4.69) is 24.5 Å². The van der Waals surface area contributed by atoms with Crippen molar-refractivity contribution in [2.75, 3.05) is 5.32 Å². The number of nitrogens with one attached hydrogen (secondary N) is 2. The van der Waals surface area contributed by atoms with E-state index in [1.165, 1.54) is 4.90 Å². The lowest BCUT2D eigenvalue weighted by molar-refractivity contribution is -0.144. The Kier molecular flexibility index (Phi) is 12.4. The van der Waals surface area contributed by atoms with Gasteiger partial charge in [-0.3, -0.25) is 14.4 Å². The maximum absolute atomic E-state index is 14.4. The normalized spacial score (nSPS) is 13.6. The number of carbonyl (C=O) groups is 4. The van der Waals surface area contributed by atoms with E-state index in [1.807, 2.05) is 39.0 Å². The molecule has 3 unspecified atom stereocenters. The van der Waals surface area contributed by atoms with Crippen molar-refractivity contribution in [2.24, 2.45) is 11.7 Å². The van der Waals surface area contributed by atoms with E-state index in [0.29, 0.717) is 28.6 Å². The number of rotatable bonds is 12. The number of hydrogen-bond acceptors (Lipinski definition) is 5. The highest BCUT2D eigenvalue weighted by molar-refractivity contribution is 6.34. The molecule has 0 aliphatic rings. The molecule has 4 amide bonds. The molecular formula is C32H45ClN4O5. The van der Waals surface area contributed by atoms with Crippen LogP contribution in [0.1, 0.15) is 83.5 Å². The number of amides is 4. The number of anilines is 1. The van der Waals surface area contributed by atoms with E-state index in [1.54, 1.807) is 45.0 Å². The summed E-state index contributed by atoms with van der Waals surface area (Å²) in [6.45, 7) is 14.8. The fourth-order valence-electron chi connectivity index (χ4n) is 4.64. The summed E-state index contributed by atoms with van der Waals surface area (Å²) in [7, 11) is 0. The van der Waals surface area contributed by atoms with Crippen LogP contribution >= 0.6 is 11.6 Å². The zero-order valence-corrected chi connectivity index (χ0v) is 26.7. The average Bonchev–Trinajstić information content (AvgIpc) is 2.86. The molecule has 9 nitrogen and oxygen atoms in total. The van der Waals surface area contributed by atoms with E-state index in [0.717, 1.165) is 17.5 Å². The number of para-hydroxylation sites is 1. The Hall–Kier alpha value is -3.59. The fraction of sp³-hybridized carbons (Fsp3) is 0.500. The van der Waals surface area contributed by atoms with Gasteiger partial charge in [0.25, 0.3) is 5.91 Å². The van der Waals surface area contributed by atoms with Gasteiger partial charge >= 0.3 is 6.09 Å². The zero-order valence-electron chi connectivity index (χ0n) is 25.9. The van der Waals surface area contributed by atoms with Gasteiger partial charge in [-0.25, -0.2) is 4.79 Å². The van der Waals surface area contributed by atoms with Gasteiger partial charge in [-0.05, 0) is 83.1 Å². The molecule has 0 fully saturated rings. The average molecular weight is 601 g/mol. The van der Waals surface area contributed by atoms with E-state index >= 15 is 0 Å². The molecular weight excluding hydrogens is 556 g/mol. The second-order valence-electron chi connectivity index (χ2n) is 12.1. The molecule has 0 aliphatic carbocycles. The van der Waals surface area contributed by atoms with Gasteiger partial charge in [-0.15, -0.1) is 0 Å². The molecule has 3 atom stereocenters. The lowest BCUT2D eigenvalue weighted by Crippen LogP contribution is -2.56. The third-order valence-electron chi connectivity index (χ3n) is 6.77. The minimum Gasteiger partial charge on any atom is -0.444 e. The van der Waals surface area contributed by atoms with Gasteiger partial charge in [0.05, 0.1) is 17.1 Å². The van der Waals surface area contributed by atoms with Crippen molar-refractivity contribution in [1.82, 2.24) is 10.2 Å². The third kappa shape index (κ3) is 10.0. The van der Waals surface area contributed by atoms with Crippen LogP contribution in [0.15, 0.2) is 42.5 Å². The van der Waals surface area contributed by atoms with Gasteiger partial charge in [0.15, 0.2) is 0 Å². The van der Waals surface area contributed by atoms with Crippen LogP contribution in [-0.4, -0.2) is 46.4 Å². The number of alkyl carbamates (subject to hydrolysis) is 1.